The monoisotopic (exact) mass is 543 g/mol. The molecule has 2 aliphatic rings. The molecule has 0 saturated heterocycles. The van der Waals surface area contributed by atoms with Crippen LogP contribution in [0.1, 0.15) is 48.4 Å². The Kier molecular flexibility index (Phi) is 11.0. The van der Waals surface area contributed by atoms with Gasteiger partial charge in [-0.3, -0.25) is 0 Å². The standard InChI is InChI=1S/C18H13.2C7H7.C3H6.Zr/c1-2-8-13(7-1)18-16-11-5-3-9-14(16)15-10-4-6-12-17(15)18;2*1-7-5-3-2-4-6-7;1-3-2;/h1-7,9-11,18H,8H2;2*2-6H,1H2;1-2H3;/q3*-1;;. The molecule has 0 N–H and O–H groups in total. The molecule has 0 aliphatic heterocycles. The van der Waals surface area contributed by atoms with Crippen molar-refractivity contribution in [3.05, 3.63) is 169 Å². The van der Waals surface area contributed by atoms with Crippen LogP contribution >= 0.6 is 0 Å². The third kappa shape index (κ3) is 8.22. The minimum absolute atomic E-state index is 0.410. The predicted molar refractivity (Wildman–Crippen MR) is 153 cm³/mol. The largest absolute Gasteiger partial charge is 0.199 e. The molecule has 6 rings (SSSR count). The molecule has 180 valence electrons. The first kappa shape index (κ1) is 27.4. The maximum absolute atomic E-state index is 3.72. The van der Waals surface area contributed by atoms with Crippen LogP contribution in [-0.2, 0) is 24.2 Å². The second kappa shape index (κ2) is 14.4. The Bertz CT molecular complexity index is 1210. The smallest absolute Gasteiger partial charge is 0.00806 e. The summed E-state index contributed by atoms with van der Waals surface area (Å²) in [6.45, 7) is 11.7. The van der Waals surface area contributed by atoms with Gasteiger partial charge < -0.3 is 0 Å². The van der Waals surface area contributed by atoms with Crippen molar-refractivity contribution in [2.45, 2.75) is 26.2 Å². The van der Waals surface area contributed by atoms with Crippen molar-refractivity contribution >= 4 is 3.21 Å². The molecule has 0 spiro atoms. The van der Waals surface area contributed by atoms with E-state index in [9.17, 15) is 0 Å². The van der Waals surface area contributed by atoms with E-state index in [1.54, 1.807) is 24.2 Å². The van der Waals surface area contributed by atoms with Gasteiger partial charge in [-0.15, -0.1) is 35.4 Å². The average Bonchev–Trinajstić information content (AvgIpc) is 3.52. The third-order valence-corrected chi connectivity index (χ3v) is 5.60. The zero-order valence-electron chi connectivity index (χ0n) is 21.2. The molecule has 0 nitrogen and oxygen atoms in total. The Balaban J connectivity index is 0.000000166. The Morgan fingerprint density at radius 2 is 1.28 bits per heavy atom. The van der Waals surface area contributed by atoms with E-state index >= 15 is 0 Å². The number of hydrogen-bond donors (Lipinski definition) is 0. The van der Waals surface area contributed by atoms with E-state index in [1.807, 2.05) is 66.7 Å². The zero-order valence-corrected chi connectivity index (χ0v) is 23.7. The van der Waals surface area contributed by atoms with Gasteiger partial charge in [0.25, 0.3) is 0 Å². The van der Waals surface area contributed by atoms with E-state index in [1.165, 1.54) is 31.0 Å². The summed E-state index contributed by atoms with van der Waals surface area (Å²) in [7, 11) is 0. The van der Waals surface area contributed by atoms with Gasteiger partial charge in [-0.2, -0.15) is 73.5 Å². The van der Waals surface area contributed by atoms with Crippen molar-refractivity contribution in [1.82, 2.24) is 0 Å². The second-order valence-corrected chi connectivity index (χ2v) is 11.3. The first-order valence-electron chi connectivity index (χ1n) is 12.2. The maximum atomic E-state index is 3.72. The SMILES string of the molecule is C[C](C)=[Zr].[CH2-]c1ccccc1.[CH2-]c1ccccc1.[c-]1cccc2c1C(C1=CC=CC1)c1ccccc1-2. The summed E-state index contributed by atoms with van der Waals surface area (Å²) in [5.41, 5.74) is 9.14. The molecule has 4 aromatic carbocycles. The van der Waals surface area contributed by atoms with E-state index in [4.69, 9.17) is 0 Å². The summed E-state index contributed by atoms with van der Waals surface area (Å²) >= 11 is 1.55. The average molecular weight is 545 g/mol. The molecule has 36 heavy (non-hydrogen) atoms. The topological polar surface area (TPSA) is 0 Å². The first-order chi connectivity index (χ1) is 17.5. The van der Waals surface area contributed by atoms with Crippen LogP contribution in [0.25, 0.3) is 11.1 Å². The molecular formula is C35H33Zr-3. The molecule has 0 aromatic heterocycles. The van der Waals surface area contributed by atoms with E-state index in [-0.39, 0.29) is 0 Å². The van der Waals surface area contributed by atoms with Gasteiger partial charge in [0.2, 0.25) is 0 Å². The van der Waals surface area contributed by atoms with Crippen molar-refractivity contribution in [1.29, 1.82) is 0 Å². The molecular weight excluding hydrogens is 512 g/mol. The number of allylic oxidation sites excluding steroid dienone is 4. The van der Waals surface area contributed by atoms with Crippen LogP contribution < -0.4 is 0 Å². The molecule has 0 amide bonds. The summed E-state index contributed by atoms with van der Waals surface area (Å²) in [6.07, 6.45) is 7.73. The van der Waals surface area contributed by atoms with E-state index in [0.717, 1.165) is 17.5 Å². The normalized spacial score (nSPS) is 13.8. The molecule has 1 heteroatoms. The van der Waals surface area contributed by atoms with E-state index < -0.39 is 0 Å². The molecule has 1 atom stereocenters. The Hall–Kier alpha value is -3.15. The molecule has 0 saturated carbocycles. The number of benzene rings is 4. The number of rotatable bonds is 1. The van der Waals surface area contributed by atoms with Gasteiger partial charge in [0.1, 0.15) is 0 Å². The van der Waals surface area contributed by atoms with Gasteiger partial charge in [0.05, 0.1) is 0 Å². The number of hydrogen-bond acceptors (Lipinski definition) is 0. The second-order valence-electron chi connectivity index (χ2n) is 8.86. The van der Waals surface area contributed by atoms with Crippen molar-refractivity contribution < 1.29 is 24.2 Å². The third-order valence-electron chi connectivity index (χ3n) is 5.60. The van der Waals surface area contributed by atoms with Crippen molar-refractivity contribution in [3.63, 3.8) is 0 Å². The molecule has 0 heterocycles. The summed E-state index contributed by atoms with van der Waals surface area (Å²) < 4.78 is 1.51. The van der Waals surface area contributed by atoms with Gasteiger partial charge >= 0.3 is 41.3 Å². The predicted octanol–water partition coefficient (Wildman–Crippen LogP) is 8.97. The fraction of sp³-hybridized carbons (Fsp3) is 0.114. The van der Waals surface area contributed by atoms with Crippen LogP contribution in [0, 0.1) is 19.9 Å². The van der Waals surface area contributed by atoms with Gasteiger partial charge in [0, 0.05) is 5.92 Å². The molecule has 2 aliphatic carbocycles. The number of fused-ring (bicyclic) bond motifs is 3. The van der Waals surface area contributed by atoms with Crippen molar-refractivity contribution in [2.75, 3.05) is 0 Å². The van der Waals surface area contributed by atoms with Crippen molar-refractivity contribution in [2.24, 2.45) is 0 Å². The van der Waals surface area contributed by atoms with E-state index in [0.29, 0.717) is 5.92 Å². The summed E-state index contributed by atoms with van der Waals surface area (Å²) in [5.74, 6) is 0.410. The minimum atomic E-state index is 0.410. The van der Waals surface area contributed by atoms with Crippen LogP contribution in [-0.4, -0.2) is 3.21 Å². The maximum Gasteiger partial charge on any atom is 0.00806 e. The summed E-state index contributed by atoms with van der Waals surface area (Å²) in [6, 6.07) is 38.3. The minimum Gasteiger partial charge on any atom is -0.199 e. The Morgan fingerprint density at radius 3 is 1.78 bits per heavy atom. The quantitative estimate of drug-likeness (QED) is 0.210. The van der Waals surface area contributed by atoms with E-state index in [2.05, 4.69) is 88.4 Å². The Labute approximate surface area is 232 Å². The fourth-order valence-corrected chi connectivity index (χ4v) is 4.09. The van der Waals surface area contributed by atoms with Crippen LogP contribution in [0.15, 0.2) is 127 Å². The van der Waals surface area contributed by atoms with Gasteiger partial charge in [0.15, 0.2) is 0 Å². The molecule has 0 radical (unpaired) electrons. The van der Waals surface area contributed by atoms with Gasteiger partial charge in [-0.25, -0.2) is 0 Å². The summed E-state index contributed by atoms with van der Waals surface area (Å²) in [4.78, 5) is 0. The summed E-state index contributed by atoms with van der Waals surface area (Å²) in [5, 5.41) is 0. The molecule has 0 fully saturated rings. The van der Waals surface area contributed by atoms with Crippen LogP contribution in [0.2, 0.25) is 0 Å². The molecule has 1 unspecified atom stereocenters. The van der Waals surface area contributed by atoms with Crippen LogP contribution in [0.3, 0.4) is 0 Å². The molecule has 4 aromatic rings. The zero-order chi connectivity index (χ0) is 25.8. The fourth-order valence-electron chi connectivity index (χ4n) is 4.09. The van der Waals surface area contributed by atoms with Crippen molar-refractivity contribution in [3.8, 4) is 11.1 Å². The molecule has 0 bridgehead atoms. The first-order valence-corrected chi connectivity index (χ1v) is 13.4. The van der Waals surface area contributed by atoms with Crippen LogP contribution in [0.4, 0.5) is 0 Å². The Morgan fingerprint density at radius 1 is 0.750 bits per heavy atom. The van der Waals surface area contributed by atoms with Gasteiger partial charge in [-0.05, 0) is 12.0 Å². The van der Waals surface area contributed by atoms with Gasteiger partial charge in [-0.1, -0.05) is 65.8 Å². The van der Waals surface area contributed by atoms with Crippen LogP contribution in [0.5, 0.6) is 0 Å².